The van der Waals surface area contributed by atoms with Gasteiger partial charge in [-0.2, -0.15) is 0 Å². The van der Waals surface area contributed by atoms with E-state index in [2.05, 4.69) is 11.4 Å². The molecule has 0 bridgehead atoms. The van der Waals surface area contributed by atoms with E-state index in [0.29, 0.717) is 12.6 Å². The van der Waals surface area contributed by atoms with Crippen LogP contribution in [0.3, 0.4) is 0 Å². The van der Waals surface area contributed by atoms with Crippen molar-refractivity contribution in [2.75, 3.05) is 18.9 Å². The fourth-order valence-electron chi connectivity index (χ4n) is 2.51. The molecule has 0 amide bonds. The van der Waals surface area contributed by atoms with Gasteiger partial charge < -0.3 is 10.4 Å². The van der Waals surface area contributed by atoms with Crippen LogP contribution in [-0.2, 0) is 0 Å². The lowest BCUT2D eigenvalue weighted by atomic mass is 10.0. The minimum atomic E-state index is 0.170. The molecule has 1 atom stereocenters. The van der Waals surface area contributed by atoms with E-state index < -0.39 is 0 Å². The molecule has 1 saturated carbocycles. The van der Waals surface area contributed by atoms with Crippen molar-refractivity contribution in [3.05, 3.63) is 28.8 Å². The average molecular weight is 284 g/mol. The van der Waals surface area contributed by atoms with Crippen molar-refractivity contribution in [1.29, 1.82) is 0 Å². The number of benzene rings is 1. The summed E-state index contributed by atoms with van der Waals surface area (Å²) >= 11 is 8.10. The lowest BCUT2D eigenvalue weighted by Crippen LogP contribution is -2.31. The summed E-state index contributed by atoms with van der Waals surface area (Å²) < 4.78 is 0. The number of thioether (sulfide) groups is 1. The summed E-state index contributed by atoms with van der Waals surface area (Å²) in [6, 6.07) is 6.56. The third-order valence-corrected chi connectivity index (χ3v) is 5.65. The number of halogens is 1. The van der Waals surface area contributed by atoms with Crippen LogP contribution >= 0.6 is 23.4 Å². The molecule has 1 aliphatic carbocycles. The van der Waals surface area contributed by atoms with E-state index in [0.717, 1.165) is 36.6 Å². The van der Waals surface area contributed by atoms with Crippen LogP contribution in [0.5, 0.6) is 0 Å². The van der Waals surface area contributed by atoms with Gasteiger partial charge in [-0.15, -0.1) is 11.8 Å². The highest BCUT2D eigenvalue weighted by molar-refractivity contribution is 7.99. The maximum atomic E-state index is 9.36. The number of aliphatic hydroxyl groups is 1. The van der Waals surface area contributed by atoms with E-state index in [1.54, 1.807) is 0 Å². The molecule has 1 heterocycles. The molecule has 1 aromatic carbocycles. The van der Waals surface area contributed by atoms with Gasteiger partial charge in [-0.25, -0.2) is 0 Å². The number of nitrogens with one attached hydrogen (secondary N) is 1. The first-order valence-electron chi connectivity index (χ1n) is 6.50. The largest absolute Gasteiger partial charge is 0.396 e. The molecule has 2 N–H and O–H groups in total. The molecule has 0 spiro atoms. The van der Waals surface area contributed by atoms with Crippen LogP contribution in [0.4, 0.5) is 0 Å². The van der Waals surface area contributed by atoms with Crippen molar-refractivity contribution < 1.29 is 5.11 Å². The zero-order valence-electron chi connectivity index (χ0n) is 10.3. The molecule has 1 aromatic rings. The molecule has 2 aliphatic rings. The Labute approximate surface area is 117 Å². The molecule has 1 aliphatic heterocycles. The van der Waals surface area contributed by atoms with Gasteiger partial charge in [0, 0.05) is 29.5 Å². The summed E-state index contributed by atoms with van der Waals surface area (Å²) in [6.45, 7) is 1.23. The van der Waals surface area contributed by atoms with E-state index in [1.807, 2.05) is 23.9 Å². The number of hydrogen-bond acceptors (Lipinski definition) is 3. The van der Waals surface area contributed by atoms with E-state index in [9.17, 15) is 5.11 Å². The SMILES string of the molecule is OCC1(CNC2CCSc3c(Cl)cccc32)CC1. The molecular weight excluding hydrogens is 266 g/mol. The summed E-state index contributed by atoms with van der Waals surface area (Å²) in [5, 5.41) is 13.9. The minimum Gasteiger partial charge on any atom is -0.396 e. The Morgan fingerprint density at radius 2 is 2.28 bits per heavy atom. The molecule has 1 unspecified atom stereocenters. The molecule has 18 heavy (non-hydrogen) atoms. The van der Waals surface area contributed by atoms with Gasteiger partial charge in [-0.1, -0.05) is 23.7 Å². The Morgan fingerprint density at radius 1 is 1.44 bits per heavy atom. The molecule has 1 fully saturated rings. The fourth-order valence-corrected chi connectivity index (χ4v) is 3.99. The highest BCUT2D eigenvalue weighted by Gasteiger charge is 2.42. The smallest absolute Gasteiger partial charge is 0.0545 e. The molecule has 2 nitrogen and oxygen atoms in total. The van der Waals surface area contributed by atoms with Crippen molar-refractivity contribution in [2.24, 2.45) is 5.41 Å². The first kappa shape index (κ1) is 12.8. The second-order valence-electron chi connectivity index (χ2n) is 5.39. The molecule has 98 valence electrons. The van der Waals surface area contributed by atoms with Gasteiger partial charge >= 0.3 is 0 Å². The Bertz CT molecular complexity index is 447. The number of fused-ring (bicyclic) bond motifs is 1. The van der Waals surface area contributed by atoms with Gasteiger partial charge in [0.2, 0.25) is 0 Å². The lowest BCUT2D eigenvalue weighted by Gasteiger charge is -2.28. The maximum absolute atomic E-state index is 9.36. The van der Waals surface area contributed by atoms with Crippen LogP contribution in [0.15, 0.2) is 23.1 Å². The van der Waals surface area contributed by atoms with Crippen molar-refractivity contribution in [2.45, 2.75) is 30.2 Å². The van der Waals surface area contributed by atoms with Crippen LogP contribution in [0.2, 0.25) is 5.02 Å². The fraction of sp³-hybridized carbons (Fsp3) is 0.571. The monoisotopic (exact) mass is 283 g/mol. The zero-order valence-corrected chi connectivity index (χ0v) is 11.9. The molecular formula is C14H18ClNOS. The van der Waals surface area contributed by atoms with E-state index in [-0.39, 0.29) is 5.41 Å². The number of aliphatic hydroxyl groups excluding tert-OH is 1. The summed E-state index contributed by atoms with van der Waals surface area (Å²) in [6.07, 6.45) is 3.44. The van der Waals surface area contributed by atoms with Crippen LogP contribution in [0, 0.1) is 5.41 Å². The van der Waals surface area contributed by atoms with E-state index >= 15 is 0 Å². The Balaban J connectivity index is 1.73. The van der Waals surface area contributed by atoms with Gasteiger partial charge in [0.1, 0.15) is 0 Å². The van der Waals surface area contributed by atoms with Gasteiger partial charge in [0.15, 0.2) is 0 Å². The summed E-state index contributed by atoms with van der Waals surface area (Å²) in [5.74, 6) is 1.11. The van der Waals surface area contributed by atoms with Crippen LogP contribution in [0.25, 0.3) is 0 Å². The normalized spacial score (nSPS) is 24.7. The molecule has 0 aromatic heterocycles. The Hall–Kier alpha value is -0.220. The van der Waals surface area contributed by atoms with E-state index in [4.69, 9.17) is 11.6 Å². The Kier molecular flexibility index (Phi) is 3.59. The van der Waals surface area contributed by atoms with Crippen molar-refractivity contribution in [3.63, 3.8) is 0 Å². The van der Waals surface area contributed by atoms with Gasteiger partial charge in [-0.05, 0) is 36.6 Å². The summed E-state index contributed by atoms with van der Waals surface area (Å²) in [7, 11) is 0. The Morgan fingerprint density at radius 3 is 3.00 bits per heavy atom. The zero-order chi connectivity index (χ0) is 12.6. The topological polar surface area (TPSA) is 32.3 Å². The quantitative estimate of drug-likeness (QED) is 0.890. The lowest BCUT2D eigenvalue weighted by molar-refractivity contribution is 0.203. The summed E-state index contributed by atoms with van der Waals surface area (Å²) in [5.41, 5.74) is 1.50. The minimum absolute atomic E-state index is 0.170. The first-order valence-corrected chi connectivity index (χ1v) is 7.86. The highest BCUT2D eigenvalue weighted by Crippen LogP contribution is 2.46. The second-order valence-corrected chi connectivity index (χ2v) is 6.90. The predicted octanol–water partition coefficient (Wildman–Crippen LogP) is 3.24. The van der Waals surface area contributed by atoms with Crippen LogP contribution < -0.4 is 5.32 Å². The third kappa shape index (κ3) is 2.42. The first-order chi connectivity index (χ1) is 8.74. The predicted molar refractivity (Wildman–Crippen MR) is 76.3 cm³/mol. The standard InChI is InChI=1S/C14H18ClNOS/c15-11-3-1-2-10-12(4-7-18-13(10)11)16-8-14(9-17)5-6-14/h1-3,12,16-17H,4-9H2. The summed E-state index contributed by atoms with van der Waals surface area (Å²) in [4.78, 5) is 1.23. The molecule has 0 saturated heterocycles. The van der Waals surface area contributed by atoms with Crippen LogP contribution in [0.1, 0.15) is 30.9 Å². The van der Waals surface area contributed by atoms with Crippen molar-refractivity contribution in [3.8, 4) is 0 Å². The molecule has 0 radical (unpaired) electrons. The van der Waals surface area contributed by atoms with Gasteiger partial charge in [0.25, 0.3) is 0 Å². The van der Waals surface area contributed by atoms with E-state index in [1.165, 1.54) is 10.5 Å². The highest BCUT2D eigenvalue weighted by atomic mass is 35.5. The second kappa shape index (κ2) is 5.04. The third-order valence-electron chi connectivity index (χ3n) is 4.04. The van der Waals surface area contributed by atoms with Crippen molar-refractivity contribution >= 4 is 23.4 Å². The number of rotatable bonds is 4. The molecule has 3 rings (SSSR count). The van der Waals surface area contributed by atoms with Crippen molar-refractivity contribution in [1.82, 2.24) is 5.32 Å². The average Bonchev–Trinajstić information content (AvgIpc) is 3.18. The maximum Gasteiger partial charge on any atom is 0.0545 e. The van der Waals surface area contributed by atoms with Crippen LogP contribution in [-0.4, -0.2) is 24.0 Å². The molecule has 4 heteroatoms. The van der Waals surface area contributed by atoms with Gasteiger partial charge in [0.05, 0.1) is 5.02 Å². The number of hydrogen-bond donors (Lipinski definition) is 2. The van der Waals surface area contributed by atoms with Gasteiger partial charge in [-0.3, -0.25) is 0 Å².